The zero-order valence-corrected chi connectivity index (χ0v) is 9.86. The summed E-state index contributed by atoms with van der Waals surface area (Å²) in [6, 6.07) is 3.25. The van der Waals surface area contributed by atoms with Crippen LogP contribution in [0.1, 0.15) is 10.4 Å². The first kappa shape index (κ1) is 13.7. The summed E-state index contributed by atoms with van der Waals surface area (Å²) in [5.41, 5.74) is 5.64. The lowest BCUT2D eigenvalue weighted by Crippen LogP contribution is -2.18. The predicted octanol–water partition coefficient (Wildman–Crippen LogP) is 2.14. The number of benzene rings is 1. The highest BCUT2D eigenvalue weighted by Crippen LogP contribution is 2.29. The highest BCUT2D eigenvalue weighted by Gasteiger charge is 2.32. The van der Waals surface area contributed by atoms with E-state index < -0.39 is 18.0 Å². The van der Waals surface area contributed by atoms with Crippen molar-refractivity contribution >= 4 is 17.3 Å². The highest BCUT2D eigenvalue weighted by molar-refractivity contribution is 6.04. The van der Waals surface area contributed by atoms with Crippen LogP contribution < -0.4 is 15.8 Å². The molecule has 1 aromatic heterocycles. The molecule has 1 aromatic carbocycles. The Morgan fingerprint density at radius 2 is 2.15 bits per heavy atom. The van der Waals surface area contributed by atoms with E-state index in [2.05, 4.69) is 20.3 Å². The smallest absolute Gasteiger partial charge is 0.404 e. The Morgan fingerprint density at radius 1 is 1.40 bits per heavy atom. The first-order valence-corrected chi connectivity index (χ1v) is 5.30. The van der Waals surface area contributed by atoms with Gasteiger partial charge in [0.1, 0.15) is 0 Å². The second kappa shape index (κ2) is 5.11. The van der Waals surface area contributed by atoms with Crippen LogP contribution in [0.2, 0.25) is 0 Å². The number of carbonyl (C=O) groups is 1. The number of amides is 1. The third kappa shape index (κ3) is 3.40. The van der Waals surface area contributed by atoms with E-state index in [0.29, 0.717) is 5.69 Å². The number of hydrogen-bond acceptors (Lipinski definition) is 4. The molecular weight excluding hydrogens is 277 g/mol. The summed E-state index contributed by atoms with van der Waals surface area (Å²) in [4.78, 5) is 11.8. The number of halogens is 3. The minimum absolute atomic E-state index is 0.0956. The highest BCUT2D eigenvalue weighted by atomic mass is 19.4. The van der Waals surface area contributed by atoms with E-state index >= 15 is 0 Å². The van der Waals surface area contributed by atoms with Crippen LogP contribution in [0.4, 0.5) is 24.5 Å². The van der Waals surface area contributed by atoms with Gasteiger partial charge in [0.15, 0.2) is 5.75 Å². The first-order valence-electron chi connectivity index (χ1n) is 5.30. The van der Waals surface area contributed by atoms with Crippen LogP contribution in [0.3, 0.4) is 0 Å². The Balaban J connectivity index is 2.14. The molecule has 0 aliphatic heterocycles. The molecule has 0 aliphatic rings. The average molecular weight is 286 g/mol. The van der Waals surface area contributed by atoms with Crippen molar-refractivity contribution in [2.45, 2.75) is 6.36 Å². The summed E-state index contributed by atoms with van der Waals surface area (Å²) < 4.78 is 39.9. The van der Waals surface area contributed by atoms with Crippen LogP contribution in [0.25, 0.3) is 0 Å². The summed E-state index contributed by atoms with van der Waals surface area (Å²) in [7, 11) is 0. The zero-order chi connectivity index (χ0) is 14.8. The maximum absolute atomic E-state index is 12.1. The normalized spacial score (nSPS) is 11.2. The molecule has 2 aromatic rings. The molecule has 9 heteroatoms. The molecule has 0 unspecified atom stereocenters. The van der Waals surface area contributed by atoms with E-state index in [1.165, 1.54) is 18.5 Å². The van der Waals surface area contributed by atoms with Crippen LogP contribution in [0.15, 0.2) is 30.6 Å². The lowest BCUT2D eigenvalue weighted by Gasteiger charge is -2.11. The molecule has 20 heavy (non-hydrogen) atoms. The van der Waals surface area contributed by atoms with Gasteiger partial charge in [-0.15, -0.1) is 13.2 Å². The van der Waals surface area contributed by atoms with Crippen molar-refractivity contribution in [3.05, 3.63) is 36.2 Å². The number of ether oxygens (including phenoxy) is 1. The van der Waals surface area contributed by atoms with E-state index in [9.17, 15) is 18.0 Å². The number of aromatic nitrogens is 2. The van der Waals surface area contributed by atoms with E-state index in [4.69, 9.17) is 5.73 Å². The molecule has 1 heterocycles. The minimum atomic E-state index is -4.84. The Kier molecular flexibility index (Phi) is 3.51. The number of anilines is 2. The maximum Gasteiger partial charge on any atom is 0.573 e. The van der Waals surface area contributed by atoms with Crippen molar-refractivity contribution in [2.75, 3.05) is 11.1 Å². The van der Waals surface area contributed by atoms with Crippen LogP contribution in [-0.2, 0) is 0 Å². The van der Waals surface area contributed by atoms with Gasteiger partial charge in [-0.05, 0) is 18.2 Å². The summed E-state index contributed by atoms with van der Waals surface area (Å²) >= 11 is 0. The van der Waals surface area contributed by atoms with Gasteiger partial charge >= 0.3 is 6.36 Å². The molecule has 2 rings (SSSR count). The lowest BCUT2D eigenvalue weighted by atomic mass is 10.1. The van der Waals surface area contributed by atoms with E-state index in [0.717, 1.165) is 12.1 Å². The van der Waals surface area contributed by atoms with Crippen molar-refractivity contribution in [1.82, 2.24) is 10.2 Å². The van der Waals surface area contributed by atoms with Gasteiger partial charge in [0, 0.05) is 11.8 Å². The van der Waals surface area contributed by atoms with E-state index in [-0.39, 0.29) is 11.3 Å². The SMILES string of the molecule is Nc1cc(C(=O)Nc2cn[nH]c2)ccc1OC(F)(F)F. The number of carbonyl (C=O) groups excluding carboxylic acids is 1. The Hall–Kier alpha value is -2.71. The van der Waals surface area contributed by atoms with E-state index in [1.54, 1.807) is 0 Å². The summed E-state index contributed by atoms with van der Waals surface area (Å²) in [5, 5.41) is 8.61. The molecule has 0 saturated carbocycles. The Morgan fingerprint density at radius 3 is 2.70 bits per heavy atom. The standard InChI is InChI=1S/C11H9F3N4O2/c12-11(13,14)20-9-2-1-6(3-8(9)15)10(19)18-7-4-16-17-5-7/h1-5H,15H2,(H,16,17)(H,18,19). The number of hydrogen-bond donors (Lipinski definition) is 3. The summed E-state index contributed by atoms with van der Waals surface area (Å²) in [6.07, 6.45) is -2.01. The van der Waals surface area contributed by atoms with Gasteiger partial charge in [-0.1, -0.05) is 0 Å². The molecule has 0 saturated heterocycles. The van der Waals surface area contributed by atoms with E-state index in [1.807, 2.05) is 0 Å². The number of nitrogens with two attached hydrogens (primary N) is 1. The lowest BCUT2D eigenvalue weighted by molar-refractivity contribution is -0.274. The van der Waals surface area contributed by atoms with Gasteiger partial charge in [-0.3, -0.25) is 9.89 Å². The van der Waals surface area contributed by atoms with Crippen LogP contribution >= 0.6 is 0 Å². The molecule has 4 N–H and O–H groups in total. The van der Waals surface area contributed by atoms with Crippen molar-refractivity contribution in [1.29, 1.82) is 0 Å². The number of alkyl halides is 3. The zero-order valence-electron chi connectivity index (χ0n) is 9.86. The third-order valence-electron chi connectivity index (χ3n) is 2.25. The van der Waals surface area contributed by atoms with Crippen molar-refractivity contribution in [2.24, 2.45) is 0 Å². The fourth-order valence-corrected chi connectivity index (χ4v) is 1.43. The van der Waals surface area contributed by atoms with Gasteiger partial charge < -0.3 is 15.8 Å². The van der Waals surface area contributed by atoms with Gasteiger partial charge in [0.2, 0.25) is 0 Å². The number of nitrogen functional groups attached to an aromatic ring is 1. The average Bonchev–Trinajstić information content (AvgIpc) is 2.83. The predicted molar refractivity (Wildman–Crippen MR) is 64.1 cm³/mol. The molecule has 0 radical (unpaired) electrons. The third-order valence-corrected chi connectivity index (χ3v) is 2.25. The Labute approximate surface area is 110 Å². The second-order valence-electron chi connectivity index (χ2n) is 3.74. The molecule has 106 valence electrons. The van der Waals surface area contributed by atoms with Crippen molar-refractivity contribution < 1.29 is 22.7 Å². The molecule has 0 spiro atoms. The molecule has 0 bridgehead atoms. The van der Waals surface area contributed by atoms with Gasteiger partial charge in [-0.25, -0.2) is 0 Å². The minimum Gasteiger partial charge on any atom is -0.404 e. The molecule has 1 amide bonds. The monoisotopic (exact) mass is 286 g/mol. The number of aromatic amines is 1. The van der Waals surface area contributed by atoms with Crippen LogP contribution in [0, 0.1) is 0 Å². The number of nitrogens with one attached hydrogen (secondary N) is 2. The quantitative estimate of drug-likeness (QED) is 0.754. The van der Waals surface area contributed by atoms with Gasteiger partial charge in [0.05, 0.1) is 17.6 Å². The molecule has 6 nitrogen and oxygen atoms in total. The number of nitrogens with zero attached hydrogens (tertiary/aromatic N) is 1. The molecular formula is C11H9F3N4O2. The Bertz CT molecular complexity index is 611. The maximum atomic E-state index is 12.1. The van der Waals surface area contributed by atoms with Crippen molar-refractivity contribution in [3.8, 4) is 5.75 Å². The van der Waals surface area contributed by atoms with Crippen LogP contribution in [0.5, 0.6) is 5.75 Å². The first-order chi connectivity index (χ1) is 9.35. The summed E-state index contributed by atoms with van der Waals surface area (Å²) in [6.45, 7) is 0. The topological polar surface area (TPSA) is 93.0 Å². The van der Waals surface area contributed by atoms with Gasteiger partial charge in [0.25, 0.3) is 5.91 Å². The molecule has 0 atom stereocenters. The van der Waals surface area contributed by atoms with Crippen molar-refractivity contribution in [3.63, 3.8) is 0 Å². The largest absolute Gasteiger partial charge is 0.573 e. The van der Waals surface area contributed by atoms with Gasteiger partial charge in [-0.2, -0.15) is 5.10 Å². The fraction of sp³-hybridized carbons (Fsp3) is 0.0909. The molecule has 0 aliphatic carbocycles. The second-order valence-corrected chi connectivity index (χ2v) is 3.74. The fourth-order valence-electron chi connectivity index (χ4n) is 1.43. The number of H-pyrrole nitrogens is 1. The molecule has 0 fully saturated rings. The summed E-state index contributed by atoms with van der Waals surface area (Å²) in [5.74, 6) is -1.09. The van der Waals surface area contributed by atoms with Crippen LogP contribution in [-0.4, -0.2) is 22.5 Å². The number of rotatable bonds is 3.